The molecule has 28 heavy (non-hydrogen) atoms. The van der Waals surface area contributed by atoms with Crippen molar-refractivity contribution in [3.05, 3.63) is 69.6 Å². The number of benzene rings is 1. The normalized spacial score (nSPS) is 17.8. The second-order valence-corrected chi connectivity index (χ2v) is 6.88. The second kappa shape index (κ2) is 8.84. The highest BCUT2D eigenvalue weighted by Gasteiger charge is 2.38. The maximum absolute atomic E-state index is 12.7. The first-order chi connectivity index (χ1) is 13.5. The molecule has 0 spiro atoms. The molecule has 1 heterocycles. The zero-order valence-corrected chi connectivity index (χ0v) is 16.1. The van der Waals surface area contributed by atoms with Crippen LogP contribution in [0.3, 0.4) is 0 Å². The first-order valence-electron chi connectivity index (χ1n) is 9.42. The van der Waals surface area contributed by atoms with Crippen LogP contribution in [0.25, 0.3) is 0 Å². The Balaban J connectivity index is 1.84. The quantitative estimate of drug-likeness (QED) is 0.721. The van der Waals surface area contributed by atoms with Crippen LogP contribution in [0.15, 0.2) is 47.4 Å². The molecule has 7 heteroatoms. The fraction of sp³-hybridized carbons (Fsp3) is 0.381. The Labute approximate surface area is 163 Å². The molecule has 2 aromatic rings. The minimum Gasteiger partial charge on any atom is -0.381 e. The molecule has 1 aliphatic rings. The molecule has 2 amide bonds. The number of nitrogens with zero attached hydrogens (tertiary/aromatic N) is 1. The van der Waals surface area contributed by atoms with Crippen LogP contribution in [0, 0.1) is 5.92 Å². The number of ether oxygens (including phenoxy) is 1. The van der Waals surface area contributed by atoms with E-state index in [-0.39, 0.29) is 29.6 Å². The van der Waals surface area contributed by atoms with E-state index in [0.717, 1.165) is 12.0 Å². The van der Waals surface area contributed by atoms with Crippen LogP contribution in [-0.2, 0) is 11.3 Å². The summed E-state index contributed by atoms with van der Waals surface area (Å²) in [4.78, 5) is 37.5. The van der Waals surface area contributed by atoms with Crippen molar-refractivity contribution >= 4 is 11.8 Å². The third-order valence-electron chi connectivity index (χ3n) is 4.79. The molecule has 0 unspecified atom stereocenters. The third-order valence-corrected chi connectivity index (χ3v) is 4.79. The van der Waals surface area contributed by atoms with Gasteiger partial charge in [0.2, 0.25) is 0 Å². The summed E-state index contributed by atoms with van der Waals surface area (Å²) < 4.78 is 6.79. The van der Waals surface area contributed by atoms with E-state index in [1.165, 1.54) is 23.9 Å². The number of hydrogen-bond acceptors (Lipinski definition) is 4. The Morgan fingerprint density at radius 1 is 1.21 bits per heavy atom. The molecule has 1 aliphatic carbocycles. The number of hydrogen-bond donors (Lipinski definition) is 2. The monoisotopic (exact) mass is 383 g/mol. The van der Waals surface area contributed by atoms with Crippen LogP contribution in [0.1, 0.15) is 39.6 Å². The van der Waals surface area contributed by atoms with E-state index in [1.807, 2.05) is 37.3 Å². The molecule has 2 atom stereocenters. The van der Waals surface area contributed by atoms with E-state index < -0.39 is 11.5 Å². The molecule has 0 bridgehead atoms. The van der Waals surface area contributed by atoms with Gasteiger partial charge in [0.1, 0.15) is 5.56 Å². The van der Waals surface area contributed by atoms with Gasteiger partial charge in [-0.2, -0.15) is 0 Å². The lowest BCUT2D eigenvalue weighted by molar-refractivity contribution is 0.0940. The van der Waals surface area contributed by atoms with Crippen LogP contribution in [0.2, 0.25) is 0 Å². The lowest BCUT2D eigenvalue weighted by Gasteiger charge is -2.12. The van der Waals surface area contributed by atoms with Crippen LogP contribution in [0.5, 0.6) is 0 Å². The summed E-state index contributed by atoms with van der Waals surface area (Å²) in [6.07, 6.45) is 2.38. The number of carbonyl (C=O) groups is 2. The van der Waals surface area contributed by atoms with Gasteiger partial charge in [-0.25, -0.2) is 0 Å². The Morgan fingerprint density at radius 3 is 2.64 bits per heavy atom. The Morgan fingerprint density at radius 2 is 1.96 bits per heavy atom. The number of amides is 2. The topological polar surface area (TPSA) is 89.4 Å². The number of rotatable bonds is 8. The highest BCUT2D eigenvalue weighted by molar-refractivity contribution is 5.99. The average Bonchev–Trinajstić information content (AvgIpc) is 3.45. The largest absolute Gasteiger partial charge is 0.381 e. The molecule has 3 rings (SSSR count). The van der Waals surface area contributed by atoms with Gasteiger partial charge in [-0.05, 0) is 25.0 Å². The molecule has 2 N–H and O–H groups in total. The molecule has 7 nitrogen and oxygen atoms in total. The van der Waals surface area contributed by atoms with Crippen LogP contribution in [0.4, 0.5) is 0 Å². The molecule has 1 aromatic heterocycles. The highest BCUT2D eigenvalue weighted by atomic mass is 16.5. The lowest BCUT2D eigenvalue weighted by Crippen LogP contribution is -2.34. The first-order valence-corrected chi connectivity index (χ1v) is 9.42. The van der Waals surface area contributed by atoms with Crippen LogP contribution >= 0.6 is 0 Å². The van der Waals surface area contributed by atoms with Gasteiger partial charge in [-0.3, -0.25) is 14.4 Å². The predicted octanol–water partition coefficient (Wildman–Crippen LogP) is 1.41. The van der Waals surface area contributed by atoms with Crippen molar-refractivity contribution in [1.82, 2.24) is 15.2 Å². The smallest absolute Gasteiger partial charge is 0.263 e. The highest BCUT2D eigenvalue weighted by Crippen LogP contribution is 2.30. The van der Waals surface area contributed by atoms with Crippen molar-refractivity contribution in [2.24, 2.45) is 5.92 Å². The molecular formula is C21H25N3O4. The van der Waals surface area contributed by atoms with Gasteiger partial charge in [-0.1, -0.05) is 30.3 Å². The molecule has 0 radical (unpaired) electrons. The predicted molar refractivity (Wildman–Crippen MR) is 105 cm³/mol. The van der Waals surface area contributed by atoms with Crippen molar-refractivity contribution in [3.8, 4) is 0 Å². The van der Waals surface area contributed by atoms with E-state index >= 15 is 0 Å². The minimum atomic E-state index is -0.512. The molecule has 148 valence electrons. The van der Waals surface area contributed by atoms with Crippen molar-refractivity contribution in [3.63, 3.8) is 0 Å². The summed E-state index contributed by atoms with van der Waals surface area (Å²) >= 11 is 0. The molecule has 0 saturated heterocycles. The summed E-state index contributed by atoms with van der Waals surface area (Å²) in [5.74, 6) is -0.490. The zero-order chi connectivity index (χ0) is 20.1. The second-order valence-electron chi connectivity index (χ2n) is 6.88. The summed E-state index contributed by atoms with van der Waals surface area (Å²) in [6, 6.07) is 10.8. The minimum absolute atomic E-state index is 0.0484. The SMILES string of the molecule is CCOC[C@H]1C[C@@H]1NC(=O)c1cc(C(=O)NC)c(=O)n(Cc2ccccc2)c1. The number of pyridine rings is 1. The Kier molecular flexibility index (Phi) is 6.26. The van der Waals surface area contributed by atoms with Gasteiger partial charge < -0.3 is 19.9 Å². The van der Waals surface area contributed by atoms with Gasteiger partial charge in [0, 0.05) is 31.8 Å². The molecule has 1 aromatic carbocycles. The Hall–Kier alpha value is -2.93. The van der Waals surface area contributed by atoms with Gasteiger partial charge >= 0.3 is 0 Å². The van der Waals surface area contributed by atoms with Crippen LogP contribution < -0.4 is 16.2 Å². The van der Waals surface area contributed by atoms with E-state index in [2.05, 4.69) is 10.6 Å². The van der Waals surface area contributed by atoms with Crippen LogP contribution in [-0.4, -0.2) is 42.7 Å². The van der Waals surface area contributed by atoms with E-state index in [9.17, 15) is 14.4 Å². The maximum atomic E-state index is 12.7. The maximum Gasteiger partial charge on any atom is 0.263 e. The van der Waals surface area contributed by atoms with E-state index in [0.29, 0.717) is 19.1 Å². The average molecular weight is 383 g/mol. The molecule has 1 fully saturated rings. The van der Waals surface area contributed by atoms with Crippen molar-refractivity contribution in [2.45, 2.75) is 25.9 Å². The zero-order valence-electron chi connectivity index (χ0n) is 16.1. The van der Waals surface area contributed by atoms with E-state index in [1.54, 1.807) is 0 Å². The summed E-state index contributed by atoms with van der Waals surface area (Å²) in [5.41, 5.74) is 0.716. The number of aromatic nitrogens is 1. The molecule has 1 saturated carbocycles. The van der Waals surface area contributed by atoms with E-state index in [4.69, 9.17) is 4.74 Å². The first kappa shape index (κ1) is 19.8. The van der Waals surface area contributed by atoms with Crippen molar-refractivity contribution in [2.75, 3.05) is 20.3 Å². The fourth-order valence-electron chi connectivity index (χ4n) is 3.08. The number of carbonyl (C=O) groups excluding carboxylic acids is 2. The van der Waals surface area contributed by atoms with Crippen molar-refractivity contribution in [1.29, 1.82) is 0 Å². The third kappa shape index (κ3) is 4.67. The van der Waals surface area contributed by atoms with Gasteiger partial charge in [0.15, 0.2) is 0 Å². The molecule has 0 aliphatic heterocycles. The summed E-state index contributed by atoms with van der Waals surface area (Å²) in [7, 11) is 1.46. The standard InChI is InChI=1S/C21H25N3O4/c1-3-28-13-16-10-18(16)23-19(25)15-9-17(20(26)22-2)21(27)24(12-15)11-14-7-5-4-6-8-14/h4-9,12,16,18H,3,10-11,13H2,1-2H3,(H,22,26)(H,23,25)/t16-,18+/m1/s1. The summed E-state index contributed by atoms with van der Waals surface area (Å²) in [6.45, 7) is 3.49. The van der Waals surface area contributed by atoms with Gasteiger partial charge in [0.05, 0.1) is 18.7 Å². The lowest BCUT2D eigenvalue weighted by atomic mass is 10.1. The fourth-order valence-corrected chi connectivity index (χ4v) is 3.08. The van der Waals surface area contributed by atoms with Gasteiger partial charge in [0.25, 0.3) is 17.4 Å². The summed E-state index contributed by atoms with van der Waals surface area (Å²) in [5, 5.41) is 5.42. The van der Waals surface area contributed by atoms with Gasteiger partial charge in [-0.15, -0.1) is 0 Å². The molecular weight excluding hydrogens is 358 g/mol. The number of nitrogens with one attached hydrogen (secondary N) is 2. The van der Waals surface area contributed by atoms with Crippen molar-refractivity contribution < 1.29 is 14.3 Å². The Bertz CT molecular complexity index is 908.